The third-order valence-corrected chi connectivity index (χ3v) is 1.86. The van der Waals surface area contributed by atoms with Gasteiger partial charge in [0.15, 0.2) is 0 Å². The molecule has 1 rings (SSSR count). The maximum atomic E-state index is 10.7. The first-order valence-corrected chi connectivity index (χ1v) is 3.36. The molecular formula is C7H12ClN3O. The average molecular weight is 190 g/mol. The van der Waals surface area contributed by atoms with Crippen LogP contribution in [0.1, 0.15) is 17.0 Å². The molecule has 4 nitrogen and oxygen atoms in total. The molecule has 0 atom stereocenters. The van der Waals surface area contributed by atoms with Gasteiger partial charge in [-0.15, -0.1) is 12.4 Å². The summed E-state index contributed by atoms with van der Waals surface area (Å²) in [7, 11) is 0. The average Bonchev–Trinajstić information content (AvgIpc) is 2.17. The molecule has 0 saturated carbocycles. The first kappa shape index (κ1) is 11.0. The number of carbonyl (C=O) groups excluding carboxylic acids is 1. The van der Waals surface area contributed by atoms with Crippen LogP contribution in [0.15, 0.2) is 0 Å². The van der Waals surface area contributed by atoms with Crippen molar-refractivity contribution in [3.8, 4) is 0 Å². The number of hydrogen-bond acceptors (Lipinski definition) is 2. The second kappa shape index (κ2) is 3.58. The summed E-state index contributed by atoms with van der Waals surface area (Å²) in [6.45, 7) is 5.58. The van der Waals surface area contributed by atoms with Crippen molar-refractivity contribution < 1.29 is 4.79 Å². The fourth-order valence-electron chi connectivity index (χ4n) is 0.935. The van der Waals surface area contributed by atoms with Crippen molar-refractivity contribution in [1.29, 1.82) is 0 Å². The lowest BCUT2D eigenvalue weighted by Crippen LogP contribution is -2.22. The van der Waals surface area contributed by atoms with Gasteiger partial charge in [-0.2, -0.15) is 9.78 Å². The number of amides is 1. The van der Waals surface area contributed by atoms with E-state index >= 15 is 0 Å². The Balaban J connectivity index is 0.00000121. The van der Waals surface area contributed by atoms with E-state index in [1.54, 1.807) is 0 Å². The number of aryl methyl sites for hydroxylation is 1. The van der Waals surface area contributed by atoms with E-state index in [0.717, 1.165) is 17.0 Å². The van der Waals surface area contributed by atoms with Crippen LogP contribution >= 0.6 is 12.4 Å². The van der Waals surface area contributed by atoms with Crippen molar-refractivity contribution >= 4 is 18.4 Å². The van der Waals surface area contributed by atoms with Gasteiger partial charge in [0.05, 0.1) is 5.69 Å². The molecule has 0 bridgehead atoms. The summed E-state index contributed by atoms with van der Waals surface area (Å²) in [6, 6.07) is -0.529. The van der Waals surface area contributed by atoms with Crippen molar-refractivity contribution in [1.82, 2.24) is 9.78 Å². The first-order chi connectivity index (χ1) is 5.04. The first-order valence-electron chi connectivity index (χ1n) is 3.36. The van der Waals surface area contributed by atoms with Gasteiger partial charge in [0, 0.05) is 5.69 Å². The minimum atomic E-state index is -0.529. The zero-order chi connectivity index (χ0) is 8.59. The van der Waals surface area contributed by atoms with E-state index in [9.17, 15) is 4.79 Å². The van der Waals surface area contributed by atoms with Crippen LogP contribution in [0.2, 0.25) is 0 Å². The minimum Gasteiger partial charge on any atom is -0.350 e. The molecule has 1 amide bonds. The lowest BCUT2D eigenvalue weighted by molar-refractivity contribution is 0.247. The number of carbonyl (C=O) groups is 1. The van der Waals surface area contributed by atoms with Gasteiger partial charge >= 0.3 is 6.03 Å². The number of rotatable bonds is 0. The highest BCUT2D eigenvalue weighted by molar-refractivity contribution is 5.85. The Kier molecular flexibility index (Phi) is 3.27. The molecular weight excluding hydrogens is 178 g/mol. The van der Waals surface area contributed by atoms with Gasteiger partial charge in [-0.25, -0.2) is 4.79 Å². The zero-order valence-electron chi connectivity index (χ0n) is 7.29. The normalized spacial score (nSPS) is 9.25. The van der Waals surface area contributed by atoms with E-state index in [-0.39, 0.29) is 12.4 Å². The number of nitrogens with two attached hydrogens (primary N) is 1. The van der Waals surface area contributed by atoms with Crippen LogP contribution in [-0.2, 0) is 0 Å². The van der Waals surface area contributed by atoms with Gasteiger partial charge in [0.1, 0.15) is 0 Å². The Morgan fingerprint density at radius 2 is 1.92 bits per heavy atom. The van der Waals surface area contributed by atoms with E-state index in [2.05, 4.69) is 5.10 Å². The van der Waals surface area contributed by atoms with Crippen LogP contribution in [0.5, 0.6) is 0 Å². The molecule has 0 unspecified atom stereocenters. The molecule has 0 spiro atoms. The fraction of sp³-hybridized carbons (Fsp3) is 0.429. The van der Waals surface area contributed by atoms with E-state index in [4.69, 9.17) is 5.73 Å². The van der Waals surface area contributed by atoms with Gasteiger partial charge in [-0.05, 0) is 26.3 Å². The molecule has 0 radical (unpaired) electrons. The lowest BCUT2D eigenvalue weighted by Gasteiger charge is -1.95. The molecule has 0 aliphatic carbocycles. The molecule has 12 heavy (non-hydrogen) atoms. The topological polar surface area (TPSA) is 60.9 Å². The quantitative estimate of drug-likeness (QED) is 0.666. The van der Waals surface area contributed by atoms with Crippen LogP contribution in [-0.4, -0.2) is 15.8 Å². The predicted octanol–water partition coefficient (Wildman–Crippen LogP) is 1.16. The number of hydrogen-bond donors (Lipinski definition) is 1. The Labute approximate surface area is 77.2 Å². The van der Waals surface area contributed by atoms with E-state index < -0.39 is 6.03 Å². The van der Waals surface area contributed by atoms with Crippen LogP contribution < -0.4 is 5.73 Å². The smallest absolute Gasteiger partial charge is 0.339 e. The van der Waals surface area contributed by atoms with Gasteiger partial charge in [0.2, 0.25) is 0 Å². The Hall–Kier alpha value is -1.03. The summed E-state index contributed by atoms with van der Waals surface area (Å²) in [5.41, 5.74) is 7.74. The van der Waals surface area contributed by atoms with Crippen molar-refractivity contribution in [3.63, 3.8) is 0 Å². The molecule has 0 saturated heterocycles. The summed E-state index contributed by atoms with van der Waals surface area (Å²) in [6.07, 6.45) is 0. The molecule has 68 valence electrons. The molecule has 5 heteroatoms. The molecule has 0 aliphatic heterocycles. The van der Waals surface area contributed by atoms with Crippen LogP contribution in [0, 0.1) is 20.8 Å². The van der Waals surface area contributed by atoms with Crippen molar-refractivity contribution in [2.24, 2.45) is 5.73 Å². The van der Waals surface area contributed by atoms with Gasteiger partial charge < -0.3 is 5.73 Å². The molecule has 1 heterocycles. The zero-order valence-corrected chi connectivity index (χ0v) is 8.10. The molecule has 0 aliphatic rings. The Bertz CT molecular complexity index is 306. The van der Waals surface area contributed by atoms with Gasteiger partial charge in [-0.3, -0.25) is 0 Å². The SMILES string of the molecule is Cc1nn(C(N)=O)c(C)c1C.Cl. The number of halogens is 1. The van der Waals surface area contributed by atoms with Crippen LogP contribution in [0.25, 0.3) is 0 Å². The molecule has 1 aromatic rings. The van der Waals surface area contributed by atoms with E-state index in [1.165, 1.54) is 4.68 Å². The third-order valence-electron chi connectivity index (χ3n) is 1.86. The highest BCUT2D eigenvalue weighted by Gasteiger charge is 2.09. The highest BCUT2D eigenvalue weighted by atomic mass is 35.5. The monoisotopic (exact) mass is 189 g/mol. The number of aromatic nitrogens is 2. The van der Waals surface area contributed by atoms with Crippen LogP contribution in [0.3, 0.4) is 0 Å². The van der Waals surface area contributed by atoms with E-state index in [0.29, 0.717) is 0 Å². The second-order valence-corrected chi connectivity index (χ2v) is 2.55. The molecule has 1 aromatic heterocycles. The van der Waals surface area contributed by atoms with Gasteiger partial charge in [-0.1, -0.05) is 0 Å². The van der Waals surface area contributed by atoms with Gasteiger partial charge in [0.25, 0.3) is 0 Å². The van der Waals surface area contributed by atoms with Crippen molar-refractivity contribution in [2.75, 3.05) is 0 Å². The maximum absolute atomic E-state index is 10.7. The summed E-state index contributed by atoms with van der Waals surface area (Å²) in [4.78, 5) is 10.7. The number of nitrogens with zero attached hydrogens (tertiary/aromatic N) is 2. The van der Waals surface area contributed by atoms with E-state index in [1.807, 2.05) is 20.8 Å². The Morgan fingerprint density at radius 3 is 2.08 bits per heavy atom. The fourth-order valence-corrected chi connectivity index (χ4v) is 0.935. The number of primary amides is 1. The lowest BCUT2D eigenvalue weighted by atomic mass is 10.2. The second-order valence-electron chi connectivity index (χ2n) is 2.55. The summed E-state index contributed by atoms with van der Waals surface area (Å²) >= 11 is 0. The summed E-state index contributed by atoms with van der Waals surface area (Å²) < 4.78 is 1.21. The maximum Gasteiger partial charge on any atom is 0.339 e. The third kappa shape index (κ3) is 1.58. The Morgan fingerprint density at radius 1 is 1.42 bits per heavy atom. The standard InChI is InChI=1S/C7H11N3O.ClH/c1-4-5(2)9-10(6(4)3)7(8)11;/h1-3H3,(H2,8,11);1H. The summed E-state index contributed by atoms with van der Waals surface area (Å²) in [5.74, 6) is 0. The highest BCUT2D eigenvalue weighted by Crippen LogP contribution is 2.09. The van der Waals surface area contributed by atoms with Crippen molar-refractivity contribution in [3.05, 3.63) is 17.0 Å². The molecule has 0 fully saturated rings. The van der Waals surface area contributed by atoms with Crippen LogP contribution in [0.4, 0.5) is 4.79 Å². The predicted molar refractivity (Wildman–Crippen MR) is 48.7 cm³/mol. The van der Waals surface area contributed by atoms with Crippen molar-refractivity contribution in [2.45, 2.75) is 20.8 Å². The molecule has 0 aromatic carbocycles. The molecule has 2 N–H and O–H groups in total. The largest absolute Gasteiger partial charge is 0.350 e. The minimum absolute atomic E-state index is 0. The summed E-state index contributed by atoms with van der Waals surface area (Å²) in [5, 5.41) is 3.95.